The molecule has 0 aromatic rings. The summed E-state index contributed by atoms with van der Waals surface area (Å²) in [5, 5.41) is 8.39. The Morgan fingerprint density at radius 1 is 0.742 bits per heavy atom. The molecule has 0 aromatic heterocycles. The van der Waals surface area contributed by atoms with Gasteiger partial charge in [0.25, 0.3) is 0 Å². The maximum atomic E-state index is 11.9. The van der Waals surface area contributed by atoms with Crippen molar-refractivity contribution < 1.29 is 48.0 Å². The van der Waals surface area contributed by atoms with E-state index in [1.54, 1.807) is 0 Å². The molecule has 0 saturated carbocycles. The molecule has 0 bridgehead atoms. The third-order valence-electron chi connectivity index (χ3n) is 4.23. The van der Waals surface area contributed by atoms with E-state index in [4.69, 9.17) is 28.8 Å². The molecule has 0 fully saturated rings. The summed E-state index contributed by atoms with van der Waals surface area (Å²) < 4.78 is 25.9. The number of carboxylic acids is 1. The number of carboxylic acid groups (broad SMARTS) is 1. The Balaban J connectivity index is 3.41. The summed E-state index contributed by atoms with van der Waals surface area (Å²) in [5.41, 5.74) is 0. The minimum Gasteiger partial charge on any atom is -0.476 e. The minimum absolute atomic E-state index is 0.0132. The summed E-state index contributed by atoms with van der Waals surface area (Å²) in [6.45, 7) is 6.21. The minimum atomic E-state index is -1.56. The van der Waals surface area contributed by atoms with E-state index in [1.165, 1.54) is 0 Å². The summed E-state index contributed by atoms with van der Waals surface area (Å²) in [7, 11) is 0. The van der Waals surface area contributed by atoms with Crippen molar-refractivity contribution in [2.24, 2.45) is 5.92 Å². The summed E-state index contributed by atoms with van der Waals surface area (Å²) in [6, 6.07) is 0. The zero-order valence-electron chi connectivity index (χ0n) is 18.6. The van der Waals surface area contributed by atoms with Crippen molar-refractivity contribution in [2.75, 3.05) is 52.9 Å². The van der Waals surface area contributed by atoms with Crippen LogP contribution in [0.25, 0.3) is 0 Å². The quantitative estimate of drug-likeness (QED) is 0.157. The van der Waals surface area contributed by atoms with Gasteiger partial charge in [0, 0.05) is 6.42 Å². The first kappa shape index (κ1) is 29.0. The average molecular weight is 449 g/mol. The van der Waals surface area contributed by atoms with Crippen LogP contribution in [-0.4, -0.2) is 81.7 Å². The van der Waals surface area contributed by atoms with Crippen LogP contribution in [0.15, 0.2) is 0 Å². The van der Waals surface area contributed by atoms with Crippen molar-refractivity contribution in [2.45, 2.75) is 52.4 Å². The van der Waals surface area contributed by atoms with Crippen molar-refractivity contribution in [1.29, 1.82) is 0 Å². The predicted molar refractivity (Wildman–Crippen MR) is 110 cm³/mol. The molecule has 1 atom stereocenters. The Labute approximate surface area is 183 Å². The van der Waals surface area contributed by atoms with Gasteiger partial charge < -0.3 is 28.8 Å². The number of ketones is 1. The van der Waals surface area contributed by atoms with Crippen LogP contribution >= 0.6 is 0 Å². The molecular weight excluding hydrogens is 412 g/mol. The Kier molecular flexibility index (Phi) is 18.6. The highest BCUT2D eigenvalue weighted by atomic mass is 16.6. The summed E-state index contributed by atoms with van der Waals surface area (Å²) in [5.74, 6) is -3.43. The van der Waals surface area contributed by atoms with Gasteiger partial charge in [-0.15, -0.1) is 0 Å². The number of esters is 2. The van der Waals surface area contributed by atoms with Gasteiger partial charge in [0.15, 0.2) is 0 Å². The number of hydrogen-bond acceptors (Lipinski definition) is 9. The standard InChI is InChI=1S/C21H36O10/c1-3-5-6-17(4-2)21(26)31-16-14-29-12-10-27-9-11-28-13-15-30-19(23)8-7-18(22)20(24)25/h17H,3-16H2,1-2H3,(H,24,25). The van der Waals surface area contributed by atoms with E-state index in [0.29, 0.717) is 33.0 Å². The maximum Gasteiger partial charge on any atom is 0.372 e. The first-order valence-corrected chi connectivity index (χ1v) is 10.7. The molecule has 0 aromatic carbocycles. The molecule has 0 aliphatic carbocycles. The number of Topliss-reactive ketones (excluding diaryl/α,β-unsaturated/α-hetero) is 1. The van der Waals surface area contributed by atoms with E-state index >= 15 is 0 Å². The first-order valence-electron chi connectivity index (χ1n) is 10.7. The van der Waals surface area contributed by atoms with E-state index in [9.17, 15) is 19.2 Å². The molecule has 0 radical (unpaired) electrons. The second kappa shape index (κ2) is 19.9. The van der Waals surface area contributed by atoms with Crippen molar-refractivity contribution in [3.63, 3.8) is 0 Å². The SMILES string of the molecule is CCCCC(CC)C(=O)OCCOCCOCCOCCOC(=O)CCC(=O)C(=O)O. The maximum absolute atomic E-state index is 11.9. The second-order valence-electron chi connectivity index (χ2n) is 6.70. The van der Waals surface area contributed by atoms with Crippen molar-refractivity contribution in [1.82, 2.24) is 0 Å². The van der Waals surface area contributed by atoms with Gasteiger partial charge >= 0.3 is 17.9 Å². The van der Waals surface area contributed by atoms with E-state index in [2.05, 4.69) is 6.92 Å². The molecule has 0 aliphatic rings. The van der Waals surface area contributed by atoms with Crippen LogP contribution in [0.3, 0.4) is 0 Å². The largest absolute Gasteiger partial charge is 0.476 e. The van der Waals surface area contributed by atoms with Gasteiger partial charge in [-0.3, -0.25) is 14.4 Å². The molecule has 0 amide bonds. The fourth-order valence-electron chi connectivity index (χ4n) is 2.41. The number of hydrogen-bond donors (Lipinski definition) is 1. The Hall–Kier alpha value is -2.04. The zero-order chi connectivity index (χ0) is 23.3. The third kappa shape index (κ3) is 17.3. The zero-order valence-corrected chi connectivity index (χ0v) is 18.6. The molecule has 0 rings (SSSR count). The molecule has 10 heteroatoms. The fraction of sp³-hybridized carbons (Fsp3) is 0.810. The number of carbonyl (C=O) groups is 4. The monoisotopic (exact) mass is 448 g/mol. The lowest BCUT2D eigenvalue weighted by Gasteiger charge is -2.13. The molecule has 1 unspecified atom stereocenters. The van der Waals surface area contributed by atoms with E-state index in [0.717, 1.165) is 25.7 Å². The average Bonchev–Trinajstić information content (AvgIpc) is 2.75. The normalized spacial score (nSPS) is 11.7. The predicted octanol–water partition coefficient (Wildman–Crippen LogP) is 1.77. The lowest BCUT2D eigenvalue weighted by Crippen LogP contribution is -2.20. The number of aliphatic carboxylic acids is 1. The second-order valence-corrected chi connectivity index (χ2v) is 6.70. The Bertz CT molecular complexity index is 520. The van der Waals surface area contributed by atoms with E-state index in [1.807, 2.05) is 6.92 Å². The fourth-order valence-corrected chi connectivity index (χ4v) is 2.41. The Morgan fingerprint density at radius 2 is 1.26 bits per heavy atom. The topological polar surface area (TPSA) is 135 Å². The van der Waals surface area contributed by atoms with Crippen LogP contribution in [0.4, 0.5) is 0 Å². The molecule has 0 spiro atoms. The molecule has 31 heavy (non-hydrogen) atoms. The Morgan fingerprint density at radius 3 is 1.74 bits per heavy atom. The molecule has 10 nitrogen and oxygen atoms in total. The van der Waals surface area contributed by atoms with Crippen molar-refractivity contribution in [3.05, 3.63) is 0 Å². The van der Waals surface area contributed by atoms with Gasteiger partial charge in [0.1, 0.15) is 13.2 Å². The van der Waals surface area contributed by atoms with E-state index in [-0.39, 0.29) is 44.5 Å². The number of carbonyl (C=O) groups excluding carboxylic acids is 3. The highest BCUT2D eigenvalue weighted by Crippen LogP contribution is 2.14. The smallest absolute Gasteiger partial charge is 0.372 e. The number of rotatable bonds is 21. The van der Waals surface area contributed by atoms with Gasteiger partial charge in [-0.25, -0.2) is 4.79 Å². The van der Waals surface area contributed by atoms with Gasteiger partial charge in [-0.05, 0) is 12.8 Å². The van der Waals surface area contributed by atoms with E-state index < -0.39 is 17.7 Å². The van der Waals surface area contributed by atoms with Crippen molar-refractivity contribution in [3.8, 4) is 0 Å². The summed E-state index contributed by atoms with van der Waals surface area (Å²) >= 11 is 0. The van der Waals surface area contributed by atoms with Crippen LogP contribution in [-0.2, 0) is 42.9 Å². The first-order chi connectivity index (χ1) is 14.9. The van der Waals surface area contributed by atoms with Crippen LogP contribution in [0.2, 0.25) is 0 Å². The summed E-state index contributed by atoms with van der Waals surface area (Å²) in [4.78, 5) is 44.3. The molecule has 180 valence electrons. The van der Waals surface area contributed by atoms with Crippen molar-refractivity contribution >= 4 is 23.7 Å². The van der Waals surface area contributed by atoms with Gasteiger partial charge in [0.05, 0.1) is 52.0 Å². The molecule has 0 aliphatic heterocycles. The summed E-state index contributed by atoms with van der Waals surface area (Å²) in [6.07, 6.45) is 3.07. The van der Waals surface area contributed by atoms with Crippen LogP contribution in [0.1, 0.15) is 52.4 Å². The van der Waals surface area contributed by atoms with Crippen LogP contribution in [0, 0.1) is 5.92 Å². The lowest BCUT2D eigenvalue weighted by molar-refractivity contribution is -0.151. The number of ether oxygens (including phenoxy) is 5. The molecule has 0 saturated heterocycles. The highest BCUT2D eigenvalue weighted by molar-refractivity contribution is 6.32. The third-order valence-corrected chi connectivity index (χ3v) is 4.23. The van der Waals surface area contributed by atoms with Gasteiger partial charge in [0.2, 0.25) is 5.78 Å². The number of unbranched alkanes of at least 4 members (excludes halogenated alkanes) is 1. The van der Waals surface area contributed by atoms with Gasteiger partial charge in [-0.2, -0.15) is 0 Å². The lowest BCUT2D eigenvalue weighted by atomic mass is 10.00. The molecule has 0 heterocycles. The van der Waals surface area contributed by atoms with Gasteiger partial charge in [-0.1, -0.05) is 26.7 Å². The molecular formula is C21H36O10. The van der Waals surface area contributed by atoms with Crippen LogP contribution < -0.4 is 0 Å². The van der Waals surface area contributed by atoms with Crippen LogP contribution in [0.5, 0.6) is 0 Å². The highest BCUT2D eigenvalue weighted by Gasteiger charge is 2.17. The molecule has 1 N–H and O–H groups in total.